The van der Waals surface area contributed by atoms with Crippen LogP contribution in [0.3, 0.4) is 0 Å². The monoisotopic (exact) mass is 382 g/mol. The quantitative estimate of drug-likeness (QED) is 0.430. The normalized spacial score (nSPS) is 12.4. The summed E-state index contributed by atoms with van der Waals surface area (Å²) in [6, 6.07) is 2.00. The van der Waals surface area contributed by atoms with Crippen molar-refractivity contribution < 1.29 is 36.2 Å². The van der Waals surface area contributed by atoms with Crippen LogP contribution in [0.5, 0.6) is 5.88 Å². The molecular weight excluding hydrogens is 370 g/mol. The number of aromatic hydroxyl groups is 1. The molecule has 0 unspecified atom stereocenters. The molecule has 1 aromatic carbocycles. The number of rotatable bonds is 3. The Bertz CT molecular complexity index is 878. The number of aliphatic imine (C=N–C) groups is 1. The summed E-state index contributed by atoms with van der Waals surface area (Å²) in [5.74, 6) is -2.66. The van der Waals surface area contributed by atoms with Crippen LogP contribution in [0, 0.1) is 0 Å². The number of alkyl halides is 6. The van der Waals surface area contributed by atoms with E-state index in [9.17, 15) is 36.2 Å². The summed E-state index contributed by atoms with van der Waals surface area (Å²) in [5.41, 5.74) is 8.38. The highest BCUT2D eigenvalue weighted by Gasteiger charge is 2.34. The second-order valence-corrected chi connectivity index (χ2v) is 5.34. The van der Waals surface area contributed by atoms with E-state index in [-0.39, 0.29) is 10.8 Å². The largest absolute Gasteiger partial charge is 0.494 e. The van der Waals surface area contributed by atoms with Gasteiger partial charge in [-0.2, -0.15) is 31.3 Å². The molecule has 2 rings (SSSR count). The molecule has 0 spiro atoms. The zero-order valence-corrected chi connectivity index (χ0v) is 12.8. The molecule has 0 saturated carbocycles. The van der Waals surface area contributed by atoms with Gasteiger partial charge in [-0.05, 0) is 18.2 Å². The van der Waals surface area contributed by atoms with Gasteiger partial charge in [0, 0.05) is 16.5 Å². The standard InChI is InChI=1S/C14H12F6N4O2/c15-13(16,17)5-24-9(4-10(25)23-12(21)22)8-3-6(14(18,19)20)1-2-7(8)11(24)26/h1-3,26H,4-5H2,(H4,21,22,23,25). The number of benzene rings is 1. The SMILES string of the molecule is NC(N)=NC(=O)Cc1c2cc(C(F)(F)F)ccc2c(O)n1CC(F)(F)F. The Hall–Kier alpha value is -2.92. The van der Waals surface area contributed by atoms with Gasteiger partial charge in [-0.1, -0.05) is 0 Å². The number of amides is 1. The maximum Gasteiger partial charge on any atom is 0.416 e. The smallest absolute Gasteiger partial charge is 0.416 e. The third-order valence-corrected chi connectivity index (χ3v) is 3.39. The van der Waals surface area contributed by atoms with Crippen LogP contribution in [0.1, 0.15) is 11.3 Å². The highest BCUT2D eigenvalue weighted by Crippen LogP contribution is 2.38. The third-order valence-electron chi connectivity index (χ3n) is 3.39. The molecule has 0 fully saturated rings. The zero-order chi connectivity index (χ0) is 19.9. The number of nitrogens with zero attached hydrogens (tertiary/aromatic N) is 2. The molecule has 2 aromatic rings. The van der Waals surface area contributed by atoms with Crippen molar-refractivity contribution in [3.63, 3.8) is 0 Å². The van der Waals surface area contributed by atoms with E-state index >= 15 is 0 Å². The van der Waals surface area contributed by atoms with E-state index in [4.69, 9.17) is 11.5 Å². The van der Waals surface area contributed by atoms with E-state index < -0.39 is 54.3 Å². The fraction of sp³-hybridized carbons (Fsp3) is 0.286. The van der Waals surface area contributed by atoms with Crippen LogP contribution < -0.4 is 11.5 Å². The lowest BCUT2D eigenvalue weighted by atomic mass is 10.1. The molecule has 0 atom stereocenters. The number of carbonyl (C=O) groups is 1. The average Bonchev–Trinajstić information content (AvgIpc) is 2.69. The number of nitrogens with two attached hydrogens (primary N) is 2. The van der Waals surface area contributed by atoms with Crippen LogP contribution in [0.4, 0.5) is 26.3 Å². The van der Waals surface area contributed by atoms with E-state index in [1.54, 1.807) is 0 Å². The first-order valence-electron chi connectivity index (χ1n) is 6.90. The number of aromatic nitrogens is 1. The van der Waals surface area contributed by atoms with Gasteiger partial charge in [0.1, 0.15) is 6.54 Å². The molecule has 1 heterocycles. The first kappa shape index (κ1) is 19.4. The predicted octanol–water partition coefficient (Wildman–Crippen LogP) is 2.27. The van der Waals surface area contributed by atoms with Crippen LogP contribution in [-0.2, 0) is 23.9 Å². The maximum atomic E-state index is 12.9. The van der Waals surface area contributed by atoms with E-state index in [1.165, 1.54) is 0 Å². The van der Waals surface area contributed by atoms with E-state index in [1.807, 2.05) is 0 Å². The second-order valence-electron chi connectivity index (χ2n) is 5.34. The molecule has 0 aliphatic rings. The van der Waals surface area contributed by atoms with Crippen molar-refractivity contribution in [2.24, 2.45) is 16.5 Å². The molecule has 26 heavy (non-hydrogen) atoms. The first-order chi connectivity index (χ1) is 11.8. The molecule has 0 radical (unpaired) electrons. The zero-order valence-electron chi connectivity index (χ0n) is 12.8. The number of hydrogen-bond acceptors (Lipinski definition) is 2. The highest BCUT2D eigenvalue weighted by molar-refractivity contribution is 5.97. The van der Waals surface area contributed by atoms with Gasteiger partial charge in [-0.15, -0.1) is 0 Å². The first-order valence-corrected chi connectivity index (χ1v) is 6.90. The summed E-state index contributed by atoms with van der Waals surface area (Å²) in [6.07, 6.45) is -10.4. The Morgan fingerprint density at radius 2 is 1.73 bits per heavy atom. The van der Waals surface area contributed by atoms with Gasteiger partial charge in [0.05, 0.1) is 12.0 Å². The van der Waals surface area contributed by atoms with Gasteiger partial charge >= 0.3 is 12.4 Å². The van der Waals surface area contributed by atoms with Crippen molar-refractivity contribution in [3.05, 3.63) is 29.5 Å². The lowest BCUT2D eigenvalue weighted by Gasteiger charge is -2.12. The van der Waals surface area contributed by atoms with Crippen molar-refractivity contribution >= 4 is 22.6 Å². The molecule has 0 aliphatic carbocycles. The summed E-state index contributed by atoms with van der Waals surface area (Å²) in [7, 11) is 0. The number of halogens is 6. The van der Waals surface area contributed by atoms with Gasteiger partial charge in [-0.3, -0.25) is 4.79 Å². The number of fused-ring (bicyclic) bond motifs is 1. The van der Waals surface area contributed by atoms with Crippen molar-refractivity contribution in [2.75, 3.05) is 0 Å². The predicted molar refractivity (Wildman–Crippen MR) is 79.2 cm³/mol. The summed E-state index contributed by atoms with van der Waals surface area (Å²) in [5, 5.41) is 9.38. The summed E-state index contributed by atoms with van der Waals surface area (Å²) >= 11 is 0. The van der Waals surface area contributed by atoms with Crippen molar-refractivity contribution in [1.82, 2.24) is 4.57 Å². The Balaban J connectivity index is 2.70. The minimum absolute atomic E-state index is 0.269. The van der Waals surface area contributed by atoms with Crippen molar-refractivity contribution in [2.45, 2.75) is 25.3 Å². The van der Waals surface area contributed by atoms with Gasteiger partial charge in [0.15, 0.2) is 11.8 Å². The summed E-state index contributed by atoms with van der Waals surface area (Å²) in [6.45, 7) is -1.71. The Morgan fingerprint density at radius 3 is 2.23 bits per heavy atom. The molecule has 6 nitrogen and oxygen atoms in total. The maximum absolute atomic E-state index is 12.9. The molecule has 0 saturated heterocycles. The average molecular weight is 382 g/mol. The van der Waals surface area contributed by atoms with Crippen LogP contribution in [0.25, 0.3) is 10.8 Å². The molecule has 0 bridgehead atoms. The Kier molecular flexibility index (Phi) is 4.79. The lowest BCUT2D eigenvalue weighted by molar-refractivity contribution is -0.142. The van der Waals surface area contributed by atoms with Gasteiger partial charge < -0.3 is 21.1 Å². The van der Waals surface area contributed by atoms with Crippen LogP contribution in [0.2, 0.25) is 0 Å². The number of hydrogen-bond donors (Lipinski definition) is 3. The van der Waals surface area contributed by atoms with Crippen LogP contribution in [-0.4, -0.2) is 27.7 Å². The lowest BCUT2D eigenvalue weighted by Crippen LogP contribution is -2.25. The molecule has 1 amide bonds. The fourth-order valence-corrected chi connectivity index (χ4v) is 2.44. The second kappa shape index (κ2) is 6.42. The third kappa shape index (κ3) is 4.18. The van der Waals surface area contributed by atoms with Crippen molar-refractivity contribution in [1.29, 1.82) is 0 Å². The molecule has 1 aromatic heterocycles. The summed E-state index contributed by atoms with van der Waals surface area (Å²) < 4.78 is 77.3. The van der Waals surface area contributed by atoms with Crippen molar-refractivity contribution in [3.8, 4) is 5.88 Å². The van der Waals surface area contributed by atoms with E-state index in [2.05, 4.69) is 4.99 Å². The fourth-order valence-electron chi connectivity index (χ4n) is 2.44. The van der Waals surface area contributed by atoms with Gasteiger partial charge in [0.25, 0.3) is 5.91 Å². The number of carbonyl (C=O) groups excluding carboxylic acids is 1. The highest BCUT2D eigenvalue weighted by atomic mass is 19.4. The van der Waals surface area contributed by atoms with Crippen LogP contribution in [0.15, 0.2) is 23.2 Å². The minimum atomic E-state index is -4.80. The Labute approximate surface area is 141 Å². The minimum Gasteiger partial charge on any atom is -0.494 e. The van der Waals surface area contributed by atoms with E-state index in [0.29, 0.717) is 16.7 Å². The molecule has 0 aliphatic heterocycles. The molecule has 5 N–H and O–H groups in total. The Morgan fingerprint density at radius 1 is 1.12 bits per heavy atom. The molecular formula is C14H12F6N4O2. The van der Waals surface area contributed by atoms with E-state index in [0.717, 1.165) is 6.07 Å². The molecule has 142 valence electrons. The molecule has 12 heteroatoms. The van der Waals surface area contributed by atoms with Gasteiger partial charge in [-0.25, -0.2) is 0 Å². The van der Waals surface area contributed by atoms with Gasteiger partial charge in [0.2, 0.25) is 0 Å². The topological polar surface area (TPSA) is 107 Å². The summed E-state index contributed by atoms with van der Waals surface area (Å²) in [4.78, 5) is 14.9. The number of guanidine groups is 1. The van der Waals surface area contributed by atoms with Crippen LogP contribution >= 0.6 is 0 Å².